The Morgan fingerprint density at radius 3 is 2.24 bits per heavy atom. The SMILES string of the molecule is O=C1NC(=O)N(c2ccc(C34CC5CC(CC(C5)C3)C4)cc2)C(=O)/C1=C/c1ccc(OCc2cccc3ccccc23)c(I)c1. The highest BCUT2D eigenvalue weighted by Gasteiger charge is 2.51. The maximum atomic E-state index is 13.6. The number of anilines is 1. The number of amides is 4. The third-order valence-corrected chi connectivity index (χ3v) is 11.3. The Labute approximate surface area is 276 Å². The van der Waals surface area contributed by atoms with Crippen molar-refractivity contribution in [1.82, 2.24) is 5.32 Å². The number of imide groups is 2. The monoisotopic (exact) mass is 708 g/mol. The molecule has 4 aromatic rings. The summed E-state index contributed by atoms with van der Waals surface area (Å²) in [6, 6.07) is 27.1. The van der Waals surface area contributed by atoms with Crippen LogP contribution in [-0.4, -0.2) is 17.8 Å². The van der Waals surface area contributed by atoms with Gasteiger partial charge in [0, 0.05) is 0 Å². The van der Waals surface area contributed by atoms with E-state index in [2.05, 4.69) is 64.3 Å². The third kappa shape index (κ3) is 5.15. The second-order valence-corrected chi connectivity index (χ2v) is 14.5. The number of nitrogens with one attached hydrogen (secondary N) is 1. The zero-order chi connectivity index (χ0) is 30.7. The molecular weight excluding hydrogens is 675 g/mol. The van der Waals surface area contributed by atoms with Gasteiger partial charge in [-0.15, -0.1) is 0 Å². The highest BCUT2D eigenvalue weighted by molar-refractivity contribution is 14.1. The fourth-order valence-corrected chi connectivity index (χ4v) is 9.48. The first-order valence-electron chi connectivity index (χ1n) is 15.8. The molecule has 4 saturated carbocycles. The number of carbonyl (C=O) groups is 3. The number of fused-ring (bicyclic) bond motifs is 1. The van der Waals surface area contributed by atoms with Crippen LogP contribution in [0.4, 0.5) is 10.5 Å². The lowest BCUT2D eigenvalue weighted by molar-refractivity contribution is -0.122. The van der Waals surface area contributed by atoms with Crippen molar-refractivity contribution in [2.45, 2.75) is 50.5 Å². The summed E-state index contributed by atoms with van der Waals surface area (Å²) in [7, 11) is 0. The average Bonchev–Trinajstić information content (AvgIpc) is 3.02. The molecule has 45 heavy (non-hydrogen) atoms. The maximum absolute atomic E-state index is 13.6. The number of carbonyl (C=O) groups excluding carboxylic acids is 3. The van der Waals surface area contributed by atoms with Gasteiger partial charge >= 0.3 is 6.03 Å². The molecule has 0 atom stereocenters. The zero-order valence-corrected chi connectivity index (χ0v) is 27.0. The Hall–Kier alpha value is -3.98. The molecule has 0 spiro atoms. The summed E-state index contributed by atoms with van der Waals surface area (Å²) in [5, 5.41) is 4.68. The van der Waals surface area contributed by atoms with Crippen LogP contribution in [0.3, 0.4) is 0 Å². The molecule has 0 aromatic heterocycles. The summed E-state index contributed by atoms with van der Waals surface area (Å²) in [6.07, 6.45) is 9.41. The molecule has 4 aliphatic carbocycles. The van der Waals surface area contributed by atoms with Crippen molar-refractivity contribution in [3.8, 4) is 5.75 Å². The Balaban J connectivity index is 1.01. The van der Waals surface area contributed by atoms with Crippen molar-refractivity contribution in [1.29, 1.82) is 0 Å². The first-order valence-corrected chi connectivity index (χ1v) is 16.8. The minimum Gasteiger partial charge on any atom is -0.488 e. The summed E-state index contributed by atoms with van der Waals surface area (Å²) in [6.45, 7) is 0.414. The van der Waals surface area contributed by atoms with Crippen molar-refractivity contribution in [3.05, 3.63) is 111 Å². The molecule has 5 fully saturated rings. The van der Waals surface area contributed by atoms with Gasteiger partial charge in [-0.05, 0) is 142 Å². The maximum Gasteiger partial charge on any atom is 0.335 e. The van der Waals surface area contributed by atoms with Gasteiger partial charge in [-0.25, -0.2) is 9.69 Å². The Morgan fingerprint density at radius 1 is 0.844 bits per heavy atom. The number of halogens is 1. The van der Waals surface area contributed by atoms with E-state index in [9.17, 15) is 14.4 Å². The number of hydrogen-bond acceptors (Lipinski definition) is 4. The highest BCUT2D eigenvalue weighted by atomic mass is 127. The Kier molecular flexibility index (Phi) is 7.04. The van der Waals surface area contributed by atoms with Crippen LogP contribution in [0.2, 0.25) is 0 Å². The van der Waals surface area contributed by atoms with Crippen molar-refractivity contribution in [2.75, 3.05) is 4.90 Å². The lowest BCUT2D eigenvalue weighted by atomic mass is 9.48. The minimum atomic E-state index is -0.725. The molecule has 4 aromatic carbocycles. The lowest BCUT2D eigenvalue weighted by Crippen LogP contribution is -2.54. The molecule has 4 amide bonds. The van der Waals surface area contributed by atoms with Crippen molar-refractivity contribution in [2.24, 2.45) is 17.8 Å². The summed E-state index contributed by atoms with van der Waals surface area (Å²) >= 11 is 2.20. The van der Waals surface area contributed by atoms with Crippen LogP contribution in [0.1, 0.15) is 55.2 Å². The van der Waals surface area contributed by atoms with Gasteiger partial charge in [0.25, 0.3) is 11.8 Å². The van der Waals surface area contributed by atoms with Gasteiger partial charge in [0.1, 0.15) is 17.9 Å². The largest absolute Gasteiger partial charge is 0.488 e. The smallest absolute Gasteiger partial charge is 0.335 e. The van der Waals surface area contributed by atoms with Gasteiger partial charge in [-0.3, -0.25) is 14.9 Å². The van der Waals surface area contributed by atoms with E-state index in [0.717, 1.165) is 42.6 Å². The second-order valence-electron chi connectivity index (χ2n) is 13.3. The molecule has 1 saturated heterocycles. The summed E-state index contributed by atoms with van der Waals surface area (Å²) in [4.78, 5) is 40.5. The number of nitrogens with zero attached hydrogens (tertiary/aromatic N) is 1. The van der Waals surface area contributed by atoms with Crippen LogP contribution >= 0.6 is 22.6 Å². The molecule has 0 radical (unpaired) electrons. The van der Waals surface area contributed by atoms with Gasteiger partial charge in [-0.2, -0.15) is 0 Å². The van der Waals surface area contributed by atoms with E-state index in [4.69, 9.17) is 4.74 Å². The van der Waals surface area contributed by atoms with Gasteiger partial charge in [-0.1, -0.05) is 60.7 Å². The number of rotatable bonds is 6. The van der Waals surface area contributed by atoms with Crippen LogP contribution in [-0.2, 0) is 21.6 Å². The lowest BCUT2D eigenvalue weighted by Gasteiger charge is -2.57. The first-order chi connectivity index (χ1) is 21.8. The van der Waals surface area contributed by atoms with E-state index in [1.54, 1.807) is 0 Å². The molecule has 6 nitrogen and oxygen atoms in total. The van der Waals surface area contributed by atoms with E-state index in [0.29, 0.717) is 23.6 Å². The van der Waals surface area contributed by atoms with Crippen molar-refractivity contribution < 1.29 is 19.1 Å². The third-order valence-electron chi connectivity index (χ3n) is 10.4. The fourth-order valence-electron chi connectivity index (χ4n) is 8.78. The van der Waals surface area contributed by atoms with Crippen LogP contribution in [0.15, 0.2) is 90.5 Å². The quantitative estimate of drug-likeness (QED) is 0.125. The Bertz CT molecular complexity index is 1860. The topological polar surface area (TPSA) is 75.7 Å². The van der Waals surface area contributed by atoms with Crippen LogP contribution in [0.5, 0.6) is 5.75 Å². The van der Waals surface area contributed by atoms with E-state index < -0.39 is 17.8 Å². The second kappa shape index (κ2) is 11.1. The van der Waals surface area contributed by atoms with Gasteiger partial charge < -0.3 is 4.74 Å². The number of barbiturate groups is 1. The van der Waals surface area contributed by atoms with Gasteiger partial charge in [0.15, 0.2) is 0 Å². The minimum absolute atomic E-state index is 0.0833. The zero-order valence-electron chi connectivity index (χ0n) is 24.8. The normalized spacial score (nSPS) is 26.5. The summed E-state index contributed by atoms with van der Waals surface area (Å²) < 4.78 is 7.01. The predicted octanol–water partition coefficient (Wildman–Crippen LogP) is 8.16. The standard InChI is InChI=1S/C38H33IN2O4/c39-33-18-23(8-13-34(33)45-22-28-6-3-5-27-4-1-2-7-31(27)28)17-32-35(42)40-37(44)41(36(32)43)30-11-9-29(10-12-30)38-19-24-14-25(20-38)16-26(15-24)21-38/h1-13,17-18,24-26H,14-16,19-22H2,(H,40,42,44)/b32-17+. The van der Waals surface area contributed by atoms with E-state index in [1.165, 1.54) is 50.2 Å². The van der Waals surface area contributed by atoms with Crippen LogP contribution in [0.25, 0.3) is 16.8 Å². The van der Waals surface area contributed by atoms with Crippen molar-refractivity contribution >= 4 is 63.0 Å². The predicted molar refractivity (Wildman–Crippen MR) is 183 cm³/mol. The molecule has 1 N–H and O–H groups in total. The molecule has 7 heteroatoms. The Morgan fingerprint density at radius 2 is 1.53 bits per heavy atom. The van der Waals surface area contributed by atoms with E-state index in [1.807, 2.05) is 48.5 Å². The molecule has 9 rings (SSSR count). The summed E-state index contributed by atoms with van der Waals surface area (Å²) in [5.74, 6) is 1.88. The van der Waals surface area contributed by atoms with Gasteiger partial charge in [0.2, 0.25) is 0 Å². The molecule has 226 valence electrons. The average molecular weight is 709 g/mol. The summed E-state index contributed by atoms with van der Waals surface area (Å²) in [5.41, 5.74) is 3.69. The number of hydrogen-bond donors (Lipinski definition) is 1. The molecule has 4 bridgehead atoms. The molecule has 0 unspecified atom stereocenters. The first kappa shape index (κ1) is 28.5. The molecule has 1 aliphatic heterocycles. The fraction of sp³-hybridized carbons (Fsp3) is 0.289. The number of ether oxygens (including phenoxy) is 1. The van der Waals surface area contributed by atoms with E-state index >= 15 is 0 Å². The molecule has 1 heterocycles. The van der Waals surface area contributed by atoms with Crippen LogP contribution in [0, 0.1) is 21.3 Å². The highest BCUT2D eigenvalue weighted by Crippen LogP contribution is 2.60. The van der Waals surface area contributed by atoms with Gasteiger partial charge in [0.05, 0.1) is 9.26 Å². The molecular formula is C38H33IN2O4. The number of urea groups is 1. The van der Waals surface area contributed by atoms with Crippen molar-refractivity contribution in [3.63, 3.8) is 0 Å². The molecule has 5 aliphatic rings. The van der Waals surface area contributed by atoms with E-state index in [-0.39, 0.29) is 11.0 Å². The van der Waals surface area contributed by atoms with Crippen LogP contribution < -0.4 is 15.0 Å². The number of benzene rings is 4.